The Morgan fingerprint density at radius 1 is 1.43 bits per heavy atom. The third-order valence-corrected chi connectivity index (χ3v) is 2.92. The van der Waals surface area contributed by atoms with Gasteiger partial charge in [-0.15, -0.1) is 0 Å². The number of carboxylic acids is 1. The van der Waals surface area contributed by atoms with Gasteiger partial charge in [0.1, 0.15) is 11.8 Å². The van der Waals surface area contributed by atoms with E-state index in [4.69, 9.17) is 27.2 Å². The summed E-state index contributed by atoms with van der Waals surface area (Å²) in [6.45, 7) is 0. The maximum absolute atomic E-state index is 12.1. The first-order chi connectivity index (χ1) is 9.85. The fourth-order valence-electron chi connectivity index (χ4n) is 1.64. The number of rotatable bonds is 7. The van der Waals surface area contributed by atoms with Gasteiger partial charge < -0.3 is 20.9 Å². The number of benzene rings is 1. The van der Waals surface area contributed by atoms with Crippen molar-refractivity contribution in [2.24, 2.45) is 5.73 Å². The summed E-state index contributed by atoms with van der Waals surface area (Å²) in [5, 5.41) is 11.7. The first-order valence-corrected chi connectivity index (χ1v) is 6.38. The van der Waals surface area contributed by atoms with E-state index < -0.39 is 23.8 Å². The highest BCUT2D eigenvalue weighted by Gasteiger charge is 2.23. The Morgan fingerprint density at radius 2 is 2.10 bits per heavy atom. The summed E-state index contributed by atoms with van der Waals surface area (Å²) < 4.78 is 5.02. The van der Waals surface area contributed by atoms with Crippen molar-refractivity contribution in [3.8, 4) is 5.75 Å². The number of amides is 2. The number of aliphatic carboxylic acids is 1. The van der Waals surface area contributed by atoms with Crippen LogP contribution in [0.25, 0.3) is 0 Å². The Hall–Kier alpha value is -2.28. The lowest BCUT2D eigenvalue weighted by molar-refractivity contribution is -0.139. The molecule has 0 spiro atoms. The second kappa shape index (κ2) is 7.49. The summed E-state index contributed by atoms with van der Waals surface area (Å²) >= 11 is 5.81. The van der Waals surface area contributed by atoms with E-state index in [9.17, 15) is 14.4 Å². The number of ether oxygens (including phenoxy) is 1. The Balaban J connectivity index is 2.89. The zero-order chi connectivity index (χ0) is 16.0. The van der Waals surface area contributed by atoms with Crippen LogP contribution in [0.4, 0.5) is 0 Å². The number of halogens is 1. The van der Waals surface area contributed by atoms with Gasteiger partial charge in [0, 0.05) is 11.4 Å². The molecule has 0 aliphatic heterocycles. The number of carboxylic acid groups (broad SMARTS) is 1. The SMILES string of the molecule is COc1ccc(Cl)cc1C(=O)N[C@H](CCC(N)=O)C(=O)O. The average Bonchev–Trinajstić information content (AvgIpc) is 2.42. The van der Waals surface area contributed by atoms with E-state index in [2.05, 4.69) is 5.32 Å². The lowest BCUT2D eigenvalue weighted by Gasteiger charge is -2.15. The molecular weight excluding hydrogens is 300 g/mol. The van der Waals surface area contributed by atoms with Gasteiger partial charge in [-0.25, -0.2) is 4.79 Å². The van der Waals surface area contributed by atoms with E-state index in [0.29, 0.717) is 5.02 Å². The molecule has 0 aliphatic rings. The molecule has 0 saturated heterocycles. The molecule has 21 heavy (non-hydrogen) atoms. The molecule has 0 unspecified atom stereocenters. The van der Waals surface area contributed by atoms with Crippen LogP contribution in [0.15, 0.2) is 18.2 Å². The van der Waals surface area contributed by atoms with E-state index >= 15 is 0 Å². The zero-order valence-electron chi connectivity index (χ0n) is 11.3. The lowest BCUT2D eigenvalue weighted by Crippen LogP contribution is -2.41. The van der Waals surface area contributed by atoms with Crippen LogP contribution in [0.5, 0.6) is 5.75 Å². The molecule has 4 N–H and O–H groups in total. The van der Waals surface area contributed by atoms with Gasteiger partial charge in [0.15, 0.2) is 0 Å². The van der Waals surface area contributed by atoms with Gasteiger partial charge in [-0.3, -0.25) is 9.59 Å². The number of hydrogen-bond acceptors (Lipinski definition) is 4. The van der Waals surface area contributed by atoms with Crippen LogP contribution < -0.4 is 15.8 Å². The largest absolute Gasteiger partial charge is 0.496 e. The molecule has 0 aromatic heterocycles. The molecule has 1 atom stereocenters. The van der Waals surface area contributed by atoms with Gasteiger partial charge in [-0.1, -0.05) is 11.6 Å². The Kier molecular flexibility index (Phi) is 5.98. The monoisotopic (exact) mass is 314 g/mol. The van der Waals surface area contributed by atoms with E-state index in [1.165, 1.54) is 19.2 Å². The first-order valence-electron chi connectivity index (χ1n) is 6.00. The minimum atomic E-state index is -1.26. The van der Waals surface area contributed by atoms with Crippen LogP contribution in [0.2, 0.25) is 5.02 Å². The van der Waals surface area contributed by atoms with Crippen molar-refractivity contribution in [3.05, 3.63) is 28.8 Å². The maximum atomic E-state index is 12.1. The summed E-state index contributed by atoms with van der Waals surface area (Å²) in [5.41, 5.74) is 5.07. The van der Waals surface area contributed by atoms with Crippen molar-refractivity contribution in [1.29, 1.82) is 0 Å². The summed E-state index contributed by atoms with van der Waals surface area (Å²) in [6, 6.07) is 3.17. The van der Waals surface area contributed by atoms with Gasteiger partial charge >= 0.3 is 5.97 Å². The van der Waals surface area contributed by atoms with E-state index in [1.807, 2.05) is 0 Å². The highest BCUT2D eigenvalue weighted by molar-refractivity contribution is 6.31. The standard InChI is InChI=1S/C13H15ClN2O5/c1-21-10-4-2-7(14)6-8(10)12(18)16-9(13(19)20)3-5-11(15)17/h2,4,6,9H,3,5H2,1H3,(H2,15,17)(H,16,18)(H,19,20)/t9-/m1/s1. The summed E-state index contributed by atoms with van der Waals surface area (Å²) in [7, 11) is 1.38. The highest BCUT2D eigenvalue weighted by Crippen LogP contribution is 2.22. The number of carbonyl (C=O) groups excluding carboxylic acids is 2. The Labute approximate surface area is 126 Å². The van der Waals surface area contributed by atoms with Crippen LogP contribution >= 0.6 is 11.6 Å². The van der Waals surface area contributed by atoms with Crippen molar-refractivity contribution < 1.29 is 24.2 Å². The van der Waals surface area contributed by atoms with Crippen molar-refractivity contribution in [2.45, 2.75) is 18.9 Å². The van der Waals surface area contributed by atoms with Crippen LogP contribution in [0.1, 0.15) is 23.2 Å². The second-order valence-electron chi connectivity index (χ2n) is 4.21. The summed E-state index contributed by atoms with van der Waals surface area (Å²) in [4.78, 5) is 33.9. The molecule has 1 aromatic carbocycles. The van der Waals surface area contributed by atoms with Crippen LogP contribution in [-0.2, 0) is 9.59 Å². The molecule has 1 aromatic rings. The lowest BCUT2D eigenvalue weighted by atomic mass is 10.1. The van der Waals surface area contributed by atoms with Gasteiger partial charge in [-0.2, -0.15) is 0 Å². The highest BCUT2D eigenvalue weighted by atomic mass is 35.5. The van der Waals surface area contributed by atoms with E-state index in [0.717, 1.165) is 0 Å². The Morgan fingerprint density at radius 3 is 2.62 bits per heavy atom. The van der Waals surface area contributed by atoms with Gasteiger partial charge in [0.2, 0.25) is 5.91 Å². The molecule has 2 amide bonds. The van der Waals surface area contributed by atoms with Gasteiger partial charge in [-0.05, 0) is 24.6 Å². The third kappa shape index (κ3) is 4.96. The fourth-order valence-corrected chi connectivity index (χ4v) is 1.81. The van der Waals surface area contributed by atoms with Crippen molar-refractivity contribution in [3.63, 3.8) is 0 Å². The summed E-state index contributed by atoms with van der Waals surface area (Å²) in [5.74, 6) is -2.30. The molecule has 0 fully saturated rings. The predicted molar refractivity (Wildman–Crippen MR) is 75.3 cm³/mol. The molecule has 8 heteroatoms. The molecule has 1 rings (SSSR count). The van der Waals surface area contributed by atoms with Gasteiger partial charge in [0.05, 0.1) is 12.7 Å². The molecule has 0 bridgehead atoms. The van der Waals surface area contributed by atoms with E-state index in [-0.39, 0.29) is 24.2 Å². The minimum absolute atomic E-state index is 0.0979. The minimum Gasteiger partial charge on any atom is -0.496 e. The third-order valence-electron chi connectivity index (χ3n) is 2.69. The Bertz CT molecular complexity index is 561. The smallest absolute Gasteiger partial charge is 0.326 e. The number of carbonyl (C=O) groups is 3. The van der Waals surface area contributed by atoms with Crippen molar-refractivity contribution in [2.75, 3.05) is 7.11 Å². The van der Waals surface area contributed by atoms with Crippen LogP contribution in [0, 0.1) is 0 Å². The zero-order valence-corrected chi connectivity index (χ0v) is 12.0. The topological polar surface area (TPSA) is 119 Å². The fraction of sp³-hybridized carbons (Fsp3) is 0.308. The number of primary amides is 1. The molecule has 0 aliphatic carbocycles. The van der Waals surface area contributed by atoms with Crippen molar-refractivity contribution in [1.82, 2.24) is 5.32 Å². The van der Waals surface area contributed by atoms with Crippen LogP contribution in [-0.4, -0.2) is 36.0 Å². The molecule has 114 valence electrons. The van der Waals surface area contributed by atoms with Gasteiger partial charge in [0.25, 0.3) is 5.91 Å². The molecule has 0 saturated carbocycles. The first kappa shape index (κ1) is 16.8. The number of methoxy groups -OCH3 is 1. The quantitative estimate of drug-likeness (QED) is 0.687. The normalized spacial score (nSPS) is 11.5. The predicted octanol–water partition coefficient (Wildman–Crippen LogP) is 0.797. The average molecular weight is 315 g/mol. The number of nitrogens with two attached hydrogens (primary N) is 1. The molecule has 7 nitrogen and oxygen atoms in total. The van der Waals surface area contributed by atoms with E-state index in [1.54, 1.807) is 6.07 Å². The number of nitrogens with one attached hydrogen (secondary N) is 1. The molecular formula is C13H15ClN2O5. The van der Waals surface area contributed by atoms with Crippen molar-refractivity contribution >= 4 is 29.4 Å². The van der Waals surface area contributed by atoms with Crippen LogP contribution in [0.3, 0.4) is 0 Å². The second-order valence-corrected chi connectivity index (χ2v) is 4.65. The summed E-state index contributed by atoms with van der Waals surface area (Å²) in [6.07, 6.45) is -0.247. The molecule has 0 radical (unpaired) electrons. The number of hydrogen-bond donors (Lipinski definition) is 3. The molecule has 0 heterocycles. The maximum Gasteiger partial charge on any atom is 0.326 e.